The molecule has 2 rings (SSSR count). The van der Waals surface area contributed by atoms with Gasteiger partial charge in [-0.15, -0.1) is 11.3 Å². The van der Waals surface area contributed by atoms with E-state index in [1.165, 1.54) is 14.0 Å². The highest BCUT2D eigenvalue weighted by Gasteiger charge is 2.26. The molecule has 2 amide bonds. The highest BCUT2D eigenvalue weighted by molar-refractivity contribution is 7.18. The fourth-order valence-electron chi connectivity index (χ4n) is 2.18. The Morgan fingerprint density at radius 1 is 1.16 bits per heavy atom. The Morgan fingerprint density at radius 2 is 1.84 bits per heavy atom. The number of halogens is 1. The lowest BCUT2D eigenvalue weighted by Crippen LogP contribution is -2.13. The van der Waals surface area contributed by atoms with E-state index in [1.54, 1.807) is 25.1 Å². The summed E-state index contributed by atoms with van der Waals surface area (Å²) < 4.78 is 4.75. The molecule has 0 aliphatic carbocycles. The van der Waals surface area contributed by atoms with E-state index in [-0.39, 0.29) is 16.5 Å². The van der Waals surface area contributed by atoms with Gasteiger partial charge in [0.25, 0.3) is 5.91 Å². The molecule has 25 heavy (non-hydrogen) atoms. The van der Waals surface area contributed by atoms with E-state index in [9.17, 15) is 14.4 Å². The van der Waals surface area contributed by atoms with E-state index >= 15 is 0 Å². The van der Waals surface area contributed by atoms with Crippen molar-refractivity contribution in [3.05, 3.63) is 44.8 Å². The summed E-state index contributed by atoms with van der Waals surface area (Å²) in [6, 6.07) is 5.17. The first-order chi connectivity index (χ1) is 11.7. The number of carbonyl (C=O) groups is 3. The van der Waals surface area contributed by atoms with Crippen LogP contribution in [0.2, 0.25) is 5.02 Å². The molecule has 8 heteroatoms. The average molecular weight is 381 g/mol. The third-order valence-electron chi connectivity index (χ3n) is 3.46. The summed E-state index contributed by atoms with van der Waals surface area (Å²) in [7, 11) is 1.24. The smallest absolute Gasteiger partial charge is 0.341 e. The van der Waals surface area contributed by atoms with Crippen LogP contribution in [0.25, 0.3) is 0 Å². The second kappa shape index (κ2) is 7.67. The molecule has 2 aromatic rings. The molecule has 1 aromatic carbocycles. The second-order valence-electron chi connectivity index (χ2n) is 5.35. The van der Waals surface area contributed by atoms with E-state index in [1.807, 2.05) is 6.92 Å². The van der Waals surface area contributed by atoms with Gasteiger partial charge in [-0.1, -0.05) is 17.7 Å². The van der Waals surface area contributed by atoms with Gasteiger partial charge in [-0.3, -0.25) is 9.59 Å². The molecule has 132 valence electrons. The van der Waals surface area contributed by atoms with Gasteiger partial charge in [-0.05, 0) is 37.1 Å². The Labute approximate surface area is 154 Å². The van der Waals surface area contributed by atoms with E-state index in [2.05, 4.69) is 10.6 Å². The number of amides is 2. The van der Waals surface area contributed by atoms with Gasteiger partial charge in [-0.2, -0.15) is 0 Å². The quantitative estimate of drug-likeness (QED) is 0.784. The van der Waals surface area contributed by atoms with E-state index in [4.69, 9.17) is 16.3 Å². The number of esters is 1. The number of aryl methyl sites for hydroxylation is 1. The molecule has 0 aliphatic rings. The lowest BCUT2D eigenvalue weighted by molar-refractivity contribution is -0.114. The van der Waals surface area contributed by atoms with Crippen LogP contribution in [0.15, 0.2) is 18.2 Å². The van der Waals surface area contributed by atoms with Crippen LogP contribution in [0, 0.1) is 13.8 Å². The number of benzene rings is 1. The fourth-order valence-corrected chi connectivity index (χ4v) is 3.50. The predicted octanol–water partition coefficient (Wildman–Crippen LogP) is 4.02. The van der Waals surface area contributed by atoms with Crippen molar-refractivity contribution in [2.24, 2.45) is 0 Å². The summed E-state index contributed by atoms with van der Waals surface area (Å²) >= 11 is 7.08. The number of carbonyl (C=O) groups excluding carboxylic acids is 3. The molecule has 6 nitrogen and oxygen atoms in total. The van der Waals surface area contributed by atoms with Gasteiger partial charge >= 0.3 is 5.97 Å². The van der Waals surface area contributed by atoms with Crippen molar-refractivity contribution >= 4 is 51.4 Å². The molecule has 0 fully saturated rings. The standard InChI is InChI=1S/C17H17ClN2O4S/c1-8-5-6-11(7-12(8)18)20-15(22)14-9(2)13(17(23)24-4)16(25-14)19-10(3)21/h5-7H,1-4H3,(H,19,21)(H,20,22). The molecule has 0 unspecified atom stereocenters. The molecule has 0 atom stereocenters. The number of anilines is 2. The fraction of sp³-hybridized carbons (Fsp3) is 0.235. The number of nitrogens with one attached hydrogen (secondary N) is 2. The minimum Gasteiger partial charge on any atom is -0.465 e. The van der Waals surface area contributed by atoms with Crippen LogP contribution in [0.1, 0.15) is 38.1 Å². The van der Waals surface area contributed by atoms with Crippen LogP contribution in [0.5, 0.6) is 0 Å². The molecule has 0 spiro atoms. The summed E-state index contributed by atoms with van der Waals surface area (Å²) in [5.74, 6) is -1.36. The number of hydrogen-bond acceptors (Lipinski definition) is 5. The first-order valence-electron chi connectivity index (χ1n) is 7.31. The molecule has 0 saturated heterocycles. The first kappa shape index (κ1) is 19.0. The van der Waals surface area contributed by atoms with E-state index in [0.29, 0.717) is 21.2 Å². The van der Waals surface area contributed by atoms with Crippen molar-refractivity contribution in [1.29, 1.82) is 0 Å². The zero-order chi connectivity index (χ0) is 18.7. The third kappa shape index (κ3) is 4.18. The van der Waals surface area contributed by atoms with Crippen molar-refractivity contribution in [3.63, 3.8) is 0 Å². The Morgan fingerprint density at radius 3 is 2.40 bits per heavy atom. The monoisotopic (exact) mass is 380 g/mol. The molecule has 2 N–H and O–H groups in total. The zero-order valence-corrected chi connectivity index (χ0v) is 15.7. The summed E-state index contributed by atoms with van der Waals surface area (Å²) in [6.45, 7) is 4.81. The van der Waals surface area contributed by atoms with Crippen LogP contribution in [-0.4, -0.2) is 24.9 Å². The van der Waals surface area contributed by atoms with Gasteiger partial charge in [0, 0.05) is 17.6 Å². The number of ether oxygens (including phenoxy) is 1. The minimum atomic E-state index is -0.616. The second-order valence-corrected chi connectivity index (χ2v) is 6.78. The Hall–Kier alpha value is -2.38. The number of hydrogen-bond donors (Lipinski definition) is 2. The molecule has 0 aliphatic heterocycles. The first-order valence-corrected chi connectivity index (χ1v) is 8.50. The van der Waals surface area contributed by atoms with Gasteiger partial charge in [0.05, 0.1) is 17.6 Å². The van der Waals surface area contributed by atoms with Gasteiger partial charge in [0.1, 0.15) is 5.00 Å². The maximum Gasteiger partial charge on any atom is 0.341 e. The largest absolute Gasteiger partial charge is 0.465 e. The highest BCUT2D eigenvalue weighted by atomic mass is 35.5. The van der Waals surface area contributed by atoms with Gasteiger partial charge < -0.3 is 15.4 Å². The van der Waals surface area contributed by atoms with E-state index in [0.717, 1.165) is 16.9 Å². The maximum absolute atomic E-state index is 12.6. The lowest BCUT2D eigenvalue weighted by atomic mass is 10.1. The number of methoxy groups -OCH3 is 1. The molecule has 1 aromatic heterocycles. The Kier molecular flexibility index (Phi) is 5.81. The van der Waals surface area contributed by atoms with Gasteiger partial charge in [0.2, 0.25) is 5.91 Å². The number of thiophene rings is 1. The van der Waals surface area contributed by atoms with Crippen molar-refractivity contribution in [2.45, 2.75) is 20.8 Å². The third-order valence-corrected chi connectivity index (χ3v) is 5.08. The summed E-state index contributed by atoms with van der Waals surface area (Å²) in [5, 5.41) is 6.12. The SMILES string of the molecule is COC(=O)c1c(NC(C)=O)sc(C(=O)Nc2ccc(C)c(Cl)c2)c1C. The highest BCUT2D eigenvalue weighted by Crippen LogP contribution is 2.34. The topological polar surface area (TPSA) is 84.5 Å². The van der Waals surface area contributed by atoms with Crippen LogP contribution in [0.3, 0.4) is 0 Å². The molecular weight excluding hydrogens is 364 g/mol. The maximum atomic E-state index is 12.6. The van der Waals surface area contributed by atoms with Crippen molar-refractivity contribution in [2.75, 3.05) is 17.7 Å². The van der Waals surface area contributed by atoms with Crippen LogP contribution in [0.4, 0.5) is 10.7 Å². The predicted molar refractivity (Wildman–Crippen MR) is 98.8 cm³/mol. The molecular formula is C17H17ClN2O4S. The molecule has 0 bridgehead atoms. The Bertz CT molecular complexity index is 861. The average Bonchev–Trinajstić information content (AvgIpc) is 2.86. The van der Waals surface area contributed by atoms with Crippen molar-refractivity contribution in [1.82, 2.24) is 0 Å². The Balaban J connectivity index is 2.38. The van der Waals surface area contributed by atoms with Crippen LogP contribution in [-0.2, 0) is 9.53 Å². The van der Waals surface area contributed by atoms with Crippen molar-refractivity contribution < 1.29 is 19.1 Å². The molecule has 0 saturated carbocycles. The molecule has 1 heterocycles. The summed E-state index contributed by atoms with van der Waals surface area (Å²) in [5.41, 5.74) is 2.05. The van der Waals surface area contributed by atoms with E-state index < -0.39 is 11.9 Å². The van der Waals surface area contributed by atoms with Gasteiger partial charge in [0.15, 0.2) is 0 Å². The van der Waals surface area contributed by atoms with Gasteiger partial charge in [-0.25, -0.2) is 4.79 Å². The minimum absolute atomic E-state index is 0.176. The summed E-state index contributed by atoms with van der Waals surface area (Å²) in [4.78, 5) is 36.2. The normalized spacial score (nSPS) is 10.3. The number of rotatable bonds is 4. The zero-order valence-electron chi connectivity index (χ0n) is 14.2. The van der Waals surface area contributed by atoms with Crippen LogP contribution < -0.4 is 10.6 Å². The van der Waals surface area contributed by atoms with Crippen LogP contribution >= 0.6 is 22.9 Å². The van der Waals surface area contributed by atoms with Crippen molar-refractivity contribution in [3.8, 4) is 0 Å². The lowest BCUT2D eigenvalue weighted by Gasteiger charge is -2.06. The summed E-state index contributed by atoms with van der Waals surface area (Å²) in [6.07, 6.45) is 0. The molecule has 0 radical (unpaired) electrons.